The maximum absolute atomic E-state index is 4.52. The second-order valence-corrected chi connectivity index (χ2v) is 3.88. The van der Waals surface area contributed by atoms with E-state index >= 15 is 0 Å². The van der Waals surface area contributed by atoms with Gasteiger partial charge in [0.25, 0.3) is 0 Å². The monoisotopic (exact) mass is 177 g/mol. The van der Waals surface area contributed by atoms with Crippen molar-refractivity contribution in [2.75, 3.05) is 7.05 Å². The lowest BCUT2D eigenvalue weighted by Crippen LogP contribution is -2.30. The molecule has 2 unspecified atom stereocenters. The Morgan fingerprint density at radius 2 is 2.23 bits per heavy atom. The third kappa shape index (κ3) is 1.28. The predicted octanol–water partition coefficient (Wildman–Crippen LogP) is 1.53. The number of allylic oxidation sites excluding steroid dienone is 1. The van der Waals surface area contributed by atoms with Crippen molar-refractivity contribution in [3.63, 3.8) is 0 Å². The van der Waals surface area contributed by atoms with E-state index in [1.165, 1.54) is 5.71 Å². The van der Waals surface area contributed by atoms with Crippen molar-refractivity contribution in [1.29, 1.82) is 0 Å². The van der Waals surface area contributed by atoms with E-state index in [1.54, 1.807) is 0 Å². The van der Waals surface area contributed by atoms with Gasteiger partial charge in [0.2, 0.25) is 0 Å². The van der Waals surface area contributed by atoms with Crippen LogP contribution in [0.2, 0.25) is 0 Å². The zero-order valence-electron chi connectivity index (χ0n) is 8.31. The molecule has 0 bridgehead atoms. The Balaban J connectivity index is 2.28. The van der Waals surface area contributed by atoms with Crippen LogP contribution in [-0.4, -0.2) is 30.1 Å². The lowest BCUT2D eigenvalue weighted by molar-refractivity contribution is 0.270. The molecule has 2 aliphatic heterocycles. The van der Waals surface area contributed by atoms with E-state index in [-0.39, 0.29) is 6.17 Å². The van der Waals surface area contributed by atoms with Gasteiger partial charge in [0.05, 0.1) is 11.6 Å². The van der Waals surface area contributed by atoms with Crippen LogP contribution in [0.1, 0.15) is 13.8 Å². The summed E-state index contributed by atoms with van der Waals surface area (Å²) in [6.07, 6.45) is 6.27. The van der Waals surface area contributed by atoms with Crippen molar-refractivity contribution in [3.05, 3.63) is 12.2 Å². The normalized spacial score (nSPS) is 31.1. The molecule has 0 amide bonds. The number of nitrogens with zero attached hydrogens (tertiary/aromatic N) is 3. The number of dihydropyridines is 1. The summed E-state index contributed by atoms with van der Waals surface area (Å²) in [4.78, 5) is 4.40. The maximum atomic E-state index is 4.52. The minimum absolute atomic E-state index is 0.211. The van der Waals surface area contributed by atoms with Crippen molar-refractivity contribution in [2.24, 2.45) is 21.9 Å². The number of aliphatic imine (C=N–C) groups is 1. The molecule has 0 aromatic carbocycles. The molecule has 2 heterocycles. The van der Waals surface area contributed by atoms with Crippen LogP contribution in [0, 0.1) is 11.8 Å². The topological polar surface area (TPSA) is 28.0 Å². The molecule has 0 aliphatic carbocycles. The van der Waals surface area contributed by atoms with E-state index < -0.39 is 0 Å². The second-order valence-electron chi connectivity index (χ2n) is 3.88. The van der Waals surface area contributed by atoms with Crippen LogP contribution in [0.15, 0.2) is 22.2 Å². The average molecular weight is 177 g/mol. The van der Waals surface area contributed by atoms with Crippen LogP contribution in [0.3, 0.4) is 0 Å². The molecule has 0 N–H and O–H groups in total. The van der Waals surface area contributed by atoms with Gasteiger partial charge in [-0.05, 0) is 12.0 Å². The molecule has 3 heteroatoms. The van der Waals surface area contributed by atoms with Crippen LogP contribution in [0.25, 0.3) is 0 Å². The summed E-state index contributed by atoms with van der Waals surface area (Å²) < 4.78 is 0. The van der Waals surface area contributed by atoms with E-state index in [4.69, 9.17) is 0 Å². The molecule has 0 saturated heterocycles. The van der Waals surface area contributed by atoms with E-state index in [2.05, 4.69) is 30.0 Å². The van der Waals surface area contributed by atoms with Crippen LogP contribution in [0.4, 0.5) is 0 Å². The van der Waals surface area contributed by atoms with Crippen molar-refractivity contribution < 1.29 is 0 Å². The van der Waals surface area contributed by atoms with E-state index in [0.29, 0.717) is 11.8 Å². The highest BCUT2D eigenvalue weighted by Gasteiger charge is 2.35. The lowest BCUT2D eigenvalue weighted by atomic mass is 9.92. The van der Waals surface area contributed by atoms with Gasteiger partial charge in [-0.2, -0.15) is 5.10 Å². The van der Waals surface area contributed by atoms with E-state index in [9.17, 15) is 0 Å². The van der Waals surface area contributed by atoms with Gasteiger partial charge >= 0.3 is 0 Å². The SMILES string of the molecule is CC(C)C1=NN(C)C2N=CC=CC12. The fraction of sp³-hybridized carbons (Fsp3) is 0.600. The molecule has 0 spiro atoms. The largest absolute Gasteiger partial charge is 0.275 e. The average Bonchev–Trinajstić information content (AvgIpc) is 2.45. The Morgan fingerprint density at radius 1 is 1.46 bits per heavy atom. The van der Waals surface area contributed by atoms with Gasteiger partial charge in [-0.1, -0.05) is 19.9 Å². The Bertz CT molecular complexity index is 289. The highest BCUT2D eigenvalue weighted by atomic mass is 15.5. The zero-order valence-corrected chi connectivity index (χ0v) is 8.31. The first-order chi connectivity index (χ1) is 6.20. The van der Waals surface area contributed by atoms with Crippen molar-refractivity contribution >= 4 is 11.9 Å². The molecule has 3 nitrogen and oxygen atoms in total. The van der Waals surface area contributed by atoms with Gasteiger partial charge < -0.3 is 0 Å². The Morgan fingerprint density at radius 3 is 2.92 bits per heavy atom. The standard InChI is InChI=1S/C10H15N3/c1-7(2)9-8-5-4-6-11-10(8)13(3)12-9/h4-8,10H,1-3H3. The summed E-state index contributed by atoms with van der Waals surface area (Å²) in [7, 11) is 1.99. The van der Waals surface area contributed by atoms with Crippen molar-refractivity contribution in [2.45, 2.75) is 20.0 Å². The molecule has 2 rings (SSSR count). The summed E-state index contributed by atoms with van der Waals surface area (Å²) in [6, 6.07) is 0. The smallest absolute Gasteiger partial charge is 0.148 e. The molecular weight excluding hydrogens is 162 g/mol. The van der Waals surface area contributed by atoms with Crippen molar-refractivity contribution in [3.8, 4) is 0 Å². The number of fused-ring (bicyclic) bond motifs is 1. The van der Waals surface area contributed by atoms with Gasteiger partial charge in [-0.3, -0.25) is 10.0 Å². The highest BCUT2D eigenvalue weighted by Crippen LogP contribution is 2.27. The summed E-state index contributed by atoms with van der Waals surface area (Å²) in [5.41, 5.74) is 1.25. The van der Waals surface area contributed by atoms with Gasteiger partial charge in [0, 0.05) is 13.3 Å². The second kappa shape index (κ2) is 2.98. The third-order valence-electron chi connectivity index (χ3n) is 2.55. The van der Waals surface area contributed by atoms with Gasteiger partial charge in [-0.15, -0.1) is 0 Å². The fourth-order valence-electron chi connectivity index (χ4n) is 1.89. The Kier molecular flexibility index (Phi) is 1.94. The molecule has 2 aliphatic rings. The summed E-state index contributed by atoms with van der Waals surface area (Å²) >= 11 is 0. The molecule has 0 aromatic heterocycles. The molecule has 2 atom stereocenters. The zero-order chi connectivity index (χ0) is 9.42. The number of rotatable bonds is 1. The Hall–Kier alpha value is -1.12. The molecule has 0 aromatic rings. The lowest BCUT2D eigenvalue weighted by Gasteiger charge is -2.21. The first kappa shape index (κ1) is 8.48. The molecule has 13 heavy (non-hydrogen) atoms. The minimum atomic E-state index is 0.211. The van der Waals surface area contributed by atoms with Gasteiger partial charge in [-0.25, -0.2) is 0 Å². The summed E-state index contributed by atoms with van der Waals surface area (Å²) in [5.74, 6) is 0.908. The minimum Gasteiger partial charge on any atom is -0.275 e. The molecule has 70 valence electrons. The van der Waals surface area contributed by atoms with Crippen LogP contribution < -0.4 is 0 Å². The molecule has 0 radical (unpaired) electrons. The quantitative estimate of drug-likeness (QED) is 0.597. The predicted molar refractivity (Wildman–Crippen MR) is 54.9 cm³/mol. The summed E-state index contributed by atoms with van der Waals surface area (Å²) in [6.45, 7) is 4.36. The van der Waals surface area contributed by atoms with Crippen LogP contribution in [0.5, 0.6) is 0 Å². The Labute approximate surface area is 78.8 Å². The number of hydrazone groups is 1. The van der Waals surface area contributed by atoms with E-state index in [0.717, 1.165) is 0 Å². The maximum Gasteiger partial charge on any atom is 0.148 e. The first-order valence-corrected chi connectivity index (χ1v) is 4.71. The number of hydrogen-bond donors (Lipinski definition) is 0. The van der Waals surface area contributed by atoms with Crippen molar-refractivity contribution in [1.82, 2.24) is 5.01 Å². The fourth-order valence-corrected chi connectivity index (χ4v) is 1.89. The molecule has 0 fully saturated rings. The first-order valence-electron chi connectivity index (χ1n) is 4.71. The van der Waals surface area contributed by atoms with Gasteiger partial charge in [0.15, 0.2) is 0 Å². The molecular formula is C10H15N3. The van der Waals surface area contributed by atoms with Crippen LogP contribution >= 0.6 is 0 Å². The van der Waals surface area contributed by atoms with E-state index in [1.807, 2.05) is 24.3 Å². The van der Waals surface area contributed by atoms with Gasteiger partial charge in [0.1, 0.15) is 6.17 Å². The molecule has 0 saturated carbocycles. The highest BCUT2D eigenvalue weighted by molar-refractivity contribution is 5.93. The number of hydrogen-bond acceptors (Lipinski definition) is 3. The summed E-state index contributed by atoms with van der Waals surface area (Å²) in [5, 5.41) is 6.48. The third-order valence-corrected chi connectivity index (χ3v) is 2.55. The van der Waals surface area contributed by atoms with Crippen LogP contribution in [-0.2, 0) is 0 Å².